The third-order valence-electron chi connectivity index (χ3n) is 10.1. The van der Waals surface area contributed by atoms with Crippen LogP contribution in [0.1, 0.15) is 71.6 Å². The van der Waals surface area contributed by atoms with Crippen molar-refractivity contribution in [3.63, 3.8) is 0 Å². The predicted octanol–water partition coefficient (Wildman–Crippen LogP) is 3.43. The highest BCUT2D eigenvalue weighted by Gasteiger charge is 2.67. The molecule has 0 unspecified atom stereocenters. The van der Waals surface area contributed by atoms with E-state index in [1.807, 2.05) is 0 Å². The van der Waals surface area contributed by atoms with E-state index in [2.05, 4.69) is 24.4 Å². The topological polar surface area (TPSA) is 96.9 Å². The summed E-state index contributed by atoms with van der Waals surface area (Å²) in [5, 5.41) is 16.9. The van der Waals surface area contributed by atoms with Gasteiger partial charge >= 0.3 is 5.97 Å². The van der Waals surface area contributed by atoms with Crippen molar-refractivity contribution < 1.29 is 14.6 Å². The first-order valence-corrected chi connectivity index (χ1v) is 12.3. The molecule has 0 saturated heterocycles. The van der Waals surface area contributed by atoms with Crippen LogP contribution in [0.2, 0.25) is 0 Å². The SMILES string of the molecule is C[C@]12CCC(=NNC(N)=S)C[C@@H]1CC[C@@H]1[C@@H]2CC[C@]2(C)[C@@H](C3=CC(=O)OC3)CC[C@]12O. The molecule has 31 heavy (non-hydrogen) atoms. The normalized spacial score (nSPS) is 47.8. The number of hydrogen-bond donors (Lipinski definition) is 3. The van der Waals surface area contributed by atoms with E-state index in [1.165, 1.54) is 5.71 Å². The van der Waals surface area contributed by atoms with Gasteiger partial charge in [-0.2, -0.15) is 5.10 Å². The molecule has 170 valence electrons. The number of hydrogen-bond acceptors (Lipinski definition) is 5. The van der Waals surface area contributed by atoms with Crippen molar-refractivity contribution in [1.29, 1.82) is 0 Å². The van der Waals surface area contributed by atoms with Crippen LogP contribution in [0, 0.1) is 34.5 Å². The summed E-state index contributed by atoms with van der Waals surface area (Å²) >= 11 is 4.90. The number of aliphatic hydroxyl groups is 1. The van der Waals surface area contributed by atoms with Crippen molar-refractivity contribution in [2.45, 2.75) is 77.2 Å². The fraction of sp³-hybridized carbons (Fsp3) is 0.792. The molecule has 4 saturated carbocycles. The minimum atomic E-state index is -0.650. The van der Waals surface area contributed by atoms with Crippen LogP contribution in [0.25, 0.3) is 0 Å². The van der Waals surface area contributed by atoms with Crippen LogP contribution in [0.5, 0.6) is 0 Å². The minimum Gasteiger partial charge on any atom is -0.458 e. The number of nitrogens with one attached hydrogen (secondary N) is 1. The van der Waals surface area contributed by atoms with Gasteiger partial charge in [0.25, 0.3) is 0 Å². The number of fused-ring (bicyclic) bond motifs is 5. The molecule has 4 N–H and O–H groups in total. The Kier molecular flexibility index (Phi) is 5.02. The first-order chi connectivity index (χ1) is 14.7. The average molecular weight is 446 g/mol. The maximum atomic E-state index is 12.2. The number of rotatable bonds is 2. The molecule has 0 amide bonds. The number of thiocarbonyl (C=S) groups is 1. The van der Waals surface area contributed by atoms with Gasteiger partial charge in [-0.3, -0.25) is 5.43 Å². The second-order valence-corrected chi connectivity index (χ2v) is 11.6. The summed E-state index contributed by atoms with van der Waals surface area (Å²) in [5.74, 6) is 1.52. The van der Waals surface area contributed by atoms with E-state index in [-0.39, 0.29) is 27.8 Å². The first kappa shape index (κ1) is 21.4. The Balaban J connectivity index is 1.39. The van der Waals surface area contributed by atoms with E-state index in [4.69, 9.17) is 22.7 Å². The Morgan fingerprint density at radius 3 is 2.74 bits per heavy atom. The number of nitrogens with two attached hydrogens (primary N) is 1. The number of esters is 1. The van der Waals surface area contributed by atoms with Gasteiger partial charge < -0.3 is 15.6 Å². The van der Waals surface area contributed by atoms with Gasteiger partial charge in [-0.15, -0.1) is 0 Å². The van der Waals surface area contributed by atoms with Gasteiger partial charge in [0.1, 0.15) is 6.61 Å². The molecule has 0 aromatic rings. The van der Waals surface area contributed by atoms with E-state index in [9.17, 15) is 9.90 Å². The molecule has 0 spiro atoms. The van der Waals surface area contributed by atoms with Crippen LogP contribution in [-0.2, 0) is 9.53 Å². The molecule has 4 fully saturated rings. The van der Waals surface area contributed by atoms with Crippen molar-refractivity contribution in [3.8, 4) is 0 Å². The van der Waals surface area contributed by atoms with Crippen LogP contribution in [0.4, 0.5) is 0 Å². The molecule has 5 aliphatic rings. The maximum absolute atomic E-state index is 12.2. The Morgan fingerprint density at radius 1 is 1.23 bits per heavy atom. The minimum absolute atomic E-state index is 0.167. The molecular weight excluding hydrogens is 410 g/mol. The second kappa shape index (κ2) is 7.27. The molecule has 7 atom stereocenters. The van der Waals surface area contributed by atoms with Crippen LogP contribution in [0.15, 0.2) is 16.8 Å². The molecule has 5 rings (SSSR count). The van der Waals surface area contributed by atoms with Gasteiger partial charge in [0.2, 0.25) is 0 Å². The summed E-state index contributed by atoms with van der Waals surface area (Å²) in [6.07, 6.45) is 11.0. The molecule has 0 bridgehead atoms. The molecular formula is C24H35N3O3S. The van der Waals surface area contributed by atoms with Crippen molar-refractivity contribution in [2.75, 3.05) is 6.61 Å². The summed E-state index contributed by atoms with van der Waals surface area (Å²) in [7, 11) is 0. The third kappa shape index (κ3) is 3.10. The molecule has 6 nitrogen and oxygen atoms in total. The van der Waals surface area contributed by atoms with Gasteiger partial charge in [-0.1, -0.05) is 13.8 Å². The van der Waals surface area contributed by atoms with Crippen LogP contribution >= 0.6 is 12.2 Å². The Hall–Kier alpha value is -1.47. The van der Waals surface area contributed by atoms with Gasteiger partial charge in [0, 0.05) is 17.2 Å². The monoisotopic (exact) mass is 445 g/mol. The fourth-order valence-electron chi connectivity index (χ4n) is 8.45. The van der Waals surface area contributed by atoms with Crippen molar-refractivity contribution in [2.24, 2.45) is 45.3 Å². The quantitative estimate of drug-likeness (QED) is 0.342. The standard InChI is InChI=1S/C24H35N3O3S/c1-22-8-5-16(26-27-21(25)31)12-15(22)3-4-19-18(22)6-9-23(2)17(7-10-24(19,23)29)14-11-20(28)30-13-14/h11,15,17-19,29H,3-10,12-13H2,1-2H3,(H3,25,27,31)/t15-,17+,18-,19+,22-,23+,24-/m0/s1. The zero-order chi connectivity index (χ0) is 22.0. The molecule has 7 heteroatoms. The molecule has 1 aliphatic heterocycles. The molecule has 0 radical (unpaired) electrons. The zero-order valence-corrected chi connectivity index (χ0v) is 19.5. The molecule has 1 heterocycles. The summed E-state index contributed by atoms with van der Waals surface area (Å²) < 4.78 is 5.23. The lowest BCUT2D eigenvalue weighted by molar-refractivity contribution is -0.200. The highest BCUT2D eigenvalue weighted by Crippen LogP contribution is 2.69. The predicted molar refractivity (Wildman–Crippen MR) is 123 cm³/mol. The van der Waals surface area contributed by atoms with Gasteiger partial charge in [-0.25, -0.2) is 4.79 Å². The van der Waals surface area contributed by atoms with Crippen LogP contribution in [-0.4, -0.2) is 34.1 Å². The Morgan fingerprint density at radius 2 is 2.03 bits per heavy atom. The smallest absolute Gasteiger partial charge is 0.331 e. The lowest BCUT2D eigenvalue weighted by atomic mass is 9.43. The fourth-order valence-corrected chi connectivity index (χ4v) is 8.49. The summed E-state index contributed by atoms with van der Waals surface area (Å²) in [6, 6.07) is 0. The second-order valence-electron chi connectivity index (χ2n) is 11.1. The largest absolute Gasteiger partial charge is 0.458 e. The van der Waals surface area contributed by atoms with Crippen LogP contribution < -0.4 is 11.2 Å². The van der Waals surface area contributed by atoms with E-state index in [1.54, 1.807) is 6.08 Å². The lowest BCUT2D eigenvalue weighted by Gasteiger charge is -2.63. The molecule has 0 aromatic heterocycles. The highest BCUT2D eigenvalue weighted by molar-refractivity contribution is 7.80. The summed E-state index contributed by atoms with van der Waals surface area (Å²) in [6.45, 7) is 5.16. The van der Waals surface area contributed by atoms with Crippen LogP contribution in [0.3, 0.4) is 0 Å². The Labute approximate surface area is 190 Å². The lowest BCUT2D eigenvalue weighted by Crippen LogP contribution is -2.62. The number of hydrazone groups is 1. The number of carbonyl (C=O) groups is 1. The van der Waals surface area contributed by atoms with Crippen molar-refractivity contribution >= 4 is 29.0 Å². The molecule has 0 aromatic carbocycles. The third-order valence-corrected chi connectivity index (χ3v) is 10.2. The van der Waals surface area contributed by atoms with Crippen molar-refractivity contribution in [3.05, 3.63) is 11.6 Å². The van der Waals surface area contributed by atoms with Gasteiger partial charge in [-0.05, 0) is 105 Å². The molecule has 4 aliphatic carbocycles. The van der Waals surface area contributed by atoms with E-state index < -0.39 is 5.60 Å². The van der Waals surface area contributed by atoms with E-state index in [0.717, 1.165) is 63.4 Å². The van der Waals surface area contributed by atoms with Gasteiger partial charge in [0.15, 0.2) is 5.11 Å². The highest BCUT2D eigenvalue weighted by atomic mass is 32.1. The zero-order valence-electron chi connectivity index (χ0n) is 18.7. The van der Waals surface area contributed by atoms with Gasteiger partial charge in [0.05, 0.1) is 5.60 Å². The number of ether oxygens (including phenoxy) is 1. The average Bonchev–Trinajstić information content (AvgIpc) is 3.26. The first-order valence-electron chi connectivity index (χ1n) is 11.9. The maximum Gasteiger partial charge on any atom is 0.331 e. The summed E-state index contributed by atoms with van der Waals surface area (Å²) in [5.41, 5.74) is 10.0. The number of nitrogens with zero attached hydrogens (tertiary/aromatic N) is 1. The Bertz CT molecular complexity index is 872. The van der Waals surface area contributed by atoms with Crippen molar-refractivity contribution in [1.82, 2.24) is 5.43 Å². The number of carbonyl (C=O) groups excluding carboxylic acids is 1. The van der Waals surface area contributed by atoms with E-state index in [0.29, 0.717) is 24.4 Å². The summed E-state index contributed by atoms with van der Waals surface area (Å²) in [4.78, 5) is 11.7. The number of cyclic esters (lactones) is 1. The van der Waals surface area contributed by atoms with E-state index >= 15 is 0 Å².